The number of rotatable bonds is 7. The minimum Gasteiger partial charge on any atom is -0.466 e. The van der Waals surface area contributed by atoms with E-state index < -0.39 is 11.7 Å². The smallest absolute Gasteiger partial charge is 0.248 e. The first-order chi connectivity index (χ1) is 10.5. The van der Waals surface area contributed by atoms with Gasteiger partial charge in [0.2, 0.25) is 5.91 Å². The largest absolute Gasteiger partial charge is 0.466 e. The van der Waals surface area contributed by atoms with Crippen molar-refractivity contribution < 1.29 is 19.1 Å². The molecule has 5 nitrogen and oxygen atoms in total. The van der Waals surface area contributed by atoms with Crippen LogP contribution in [0.4, 0.5) is 0 Å². The standard InChI is InChI=1S/C17H21NO4/c1-13(22-11-14-7-4-3-5-8-14)16(19)18-12-17(2,20)15-9-6-10-21-15/h3-10,13,20H,11-12H2,1-2H3,(H,18,19). The lowest BCUT2D eigenvalue weighted by Crippen LogP contribution is -2.42. The van der Waals surface area contributed by atoms with E-state index in [1.165, 1.54) is 6.26 Å². The van der Waals surface area contributed by atoms with E-state index in [0.29, 0.717) is 12.4 Å². The lowest BCUT2D eigenvalue weighted by molar-refractivity contribution is -0.133. The number of carbonyl (C=O) groups is 1. The number of hydrogen-bond donors (Lipinski definition) is 2. The fourth-order valence-electron chi connectivity index (χ4n) is 1.95. The monoisotopic (exact) mass is 303 g/mol. The maximum absolute atomic E-state index is 12.0. The van der Waals surface area contributed by atoms with Crippen LogP contribution < -0.4 is 5.32 Å². The number of furan rings is 1. The first-order valence-corrected chi connectivity index (χ1v) is 7.18. The molecule has 2 N–H and O–H groups in total. The Bertz CT molecular complexity index is 578. The van der Waals surface area contributed by atoms with Crippen LogP contribution in [0.2, 0.25) is 0 Å². The van der Waals surface area contributed by atoms with Crippen molar-refractivity contribution in [3.63, 3.8) is 0 Å². The first kappa shape index (κ1) is 16.3. The SMILES string of the molecule is CC(OCc1ccccc1)C(=O)NCC(C)(O)c1ccco1. The molecule has 0 aliphatic rings. The molecule has 0 aliphatic heterocycles. The van der Waals surface area contributed by atoms with Gasteiger partial charge in [0.05, 0.1) is 19.4 Å². The van der Waals surface area contributed by atoms with Crippen LogP contribution in [0, 0.1) is 0 Å². The molecule has 0 saturated heterocycles. The summed E-state index contributed by atoms with van der Waals surface area (Å²) < 4.78 is 10.7. The Hall–Kier alpha value is -2.11. The maximum Gasteiger partial charge on any atom is 0.248 e. The second-order valence-corrected chi connectivity index (χ2v) is 5.41. The number of carbonyl (C=O) groups excluding carboxylic acids is 1. The van der Waals surface area contributed by atoms with Crippen LogP contribution in [-0.2, 0) is 21.7 Å². The number of ether oxygens (including phenoxy) is 1. The second kappa shape index (κ2) is 7.24. The third kappa shape index (κ3) is 4.44. The predicted molar refractivity (Wildman–Crippen MR) is 82.0 cm³/mol. The van der Waals surface area contributed by atoms with E-state index in [9.17, 15) is 9.90 Å². The summed E-state index contributed by atoms with van der Waals surface area (Å²) in [5.41, 5.74) is -0.247. The molecular weight excluding hydrogens is 282 g/mol. The molecule has 0 aliphatic carbocycles. The van der Waals surface area contributed by atoms with Gasteiger partial charge in [-0.05, 0) is 31.5 Å². The van der Waals surface area contributed by atoms with Gasteiger partial charge < -0.3 is 19.6 Å². The van der Waals surface area contributed by atoms with Gasteiger partial charge in [0.15, 0.2) is 0 Å². The van der Waals surface area contributed by atoms with Crippen molar-refractivity contribution in [2.45, 2.75) is 32.2 Å². The van der Waals surface area contributed by atoms with Crippen LogP contribution in [0.1, 0.15) is 25.2 Å². The molecule has 0 radical (unpaired) electrons. The van der Waals surface area contributed by atoms with Crippen molar-refractivity contribution in [2.75, 3.05) is 6.54 Å². The summed E-state index contributed by atoms with van der Waals surface area (Å²) in [4.78, 5) is 12.0. The van der Waals surface area contributed by atoms with Crippen LogP contribution in [0.3, 0.4) is 0 Å². The number of hydrogen-bond acceptors (Lipinski definition) is 4. The van der Waals surface area contributed by atoms with E-state index in [0.717, 1.165) is 5.56 Å². The number of amides is 1. The predicted octanol–water partition coefficient (Wildman–Crippen LogP) is 2.21. The Morgan fingerprint density at radius 2 is 2.05 bits per heavy atom. The molecular formula is C17H21NO4. The quantitative estimate of drug-likeness (QED) is 0.822. The Balaban J connectivity index is 1.79. The van der Waals surface area contributed by atoms with Crippen molar-refractivity contribution in [3.8, 4) is 0 Å². The molecule has 2 rings (SSSR count). The molecule has 0 saturated carbocycles. The Morgan fingerprint density at radius 1 is 1.32 bits per heavy atom. The summed E-state index contributed by atoms with van der Waals surface area (Å²) in [7, 11) is 0. The first-order valence-electron chi connectivity index (χ1n) is 7.18. The molecule has 5 heteroatoms. The van der Waals surface area contributed by atoms with Gasteiger partial charge in [-0.2, -0.15) is 0 Å². The highest BCUT2D eigenvalue weighted by Gasteiger charge is 2.27. The van der Waals surface area contributed by atoms with Gasteiger partial charge in [-0.3, -0.25) is 4.79 Å². The summed E-state index contributed by atoms with van der Waals surface area (Å²) in [6.45, 7) is 3.68. The zero-order chi connectivity index (χ0) is 16.0. The molecule has 0 bridgehead atoms. The van der Waals surface area contributed by atoms with E-state index >= 15 is 0 Å². The molecule has 2 unspecified atom stereocenters. The van der Waals surface area contributed by atoms with E-state index in [2.05, 4.69) is 5.32 Å². The highest BCUT2D eigenvalue weighted by Crippen LogP contribution is 2.19. The van der Waals surface area contributed by atoms with Gasteiger partial charge in [-0.15, -0.1) is 0 Å². The van der Waals surface area contributed by atoms with Crippen LogP contribution >= 0.6 is 0 Å². The summed E-state index contributed by atoms with van der Waals surface area (Å²) in [5, 5.41) is 12.9. The normalized spacial score (nSPS) is 15.0. The Labute approximate surface area is 129 Å². The highest BCUT2D eigenvalue weighted by atomic mass is 16.5. The van der Waals surface area contributed by atoms with Crippen LogP contribution in [-0.4, -0.2) is 23.7 Å². The molecule has 1 aromatic carbocycles. The molecule has 0 fully saturated rings. The van der Waals surface area contributed by atoms with Gasteiger partial charge >= 0.3 is 0 Å². The number of aliphatic hydroxyl groups is 1. The molecule has 1 amide bonds. The lowest BCUT2D eigenvalue weighted by Gasteiger charge is -2.22. The van der Waals surface area contributed by atoms with Gasteiger partial charge in [0.1, 0.15) is 17.5 Å². The van der Waals surface area contributed by atoms with Crippen LogP contribution in [0.5, 0.6) is 0 Å². The molecule has 0 spiro atoms. The van der Waals surface area contributed by atoms with Crippen molar-refractivity contribution >= 4 is 5.91 Å². The average molecular weight is 303 g/mol. The maximum atomic E-state index is 12.0. The van der Waals surface area contributed by atoms with Crippen molar-refractivity contribution in [1.29, 1.82) is 0 Å². The van der Waals surface area contributed by atoms with E-state index in [1.54, 1.807) is 26.0 Å². The number of benzene rings is 1. The topological polar surface area (TPSA) is 71.7 Å². The second-order valence-electron chi connectivity index (χ2n) is 5.41. The van der Waals surface area contributed by atoms with Gasteiger partial charge in [-0.1, -0.05) is 30.3 Å². The van der Waals surface area contributed by atoms with E-state index in [4.69, 9.17) is 9.15 Å². The van der Waals surface area contributed by atoms with Gasteiger partial charge in [-0.25, -0.2) is 0 Å². The van der Waals surface area contributed by atoms with Crippen LogP contribution in [0.25, 0.3) is 0 Å². The molecule has 118 valence electrons. The Morgan fingerprint density at radius 3 is 2.68 bits per heavy atom. The summed E-state index contributed by atoms with van der Waals surface area (Å²) in [6, 6.07) is 13.0. The van der Waals surface area contributed by atoms with Crippen LogP contribution in [0.15, 0.2) is 53.1 Å². The third-order valence-corrected chi connectivity index (χ3v) is 3.37. The number of nitrogens with one attached hydrogen (secondary N) is 1. The fourth-order valence-corrected chi connectivity index (χ4v) is 1.95. The summed E-state index contributed by atoms with van der Waals surface area (Å²) >= 11 is 0. The summed E-state index contributed by atoms with van der Waals surface area (Å²) in [5.74, 6) is 0.133. The summed E-state index contributed by atoms with van der Waals surface area (Å²) in [6.07, 6.45) is 0.879. The van der Waals surface area contributed by atoms with E-state index in [1.807, 2.05) is 30.3 Å². The molecule has 2 aromatic rings. The lowest BCUT2D eigenvalue weighted by atomic mass is 10.0. The highest BCUT2D eigenvalue weighted by molar-refractivity contribution is 5.80. The zero-order valence-electron chi connectivity index (χ0n) is 12.8. The Kier molecular flexibility index (Phi) is 5.35. The minimum absolute atomic E-state index is 0.0540. The molecule has 22 heavy (non-hydrogen) atoms. The van der Waals surface area contributed by atoms with E-state index in [-0.39, 0.29) is 12.5 Å². The third-order valence-electron chi connectivity index (χ3n) is 3.37. The van der Waals surface area contributed by atoms with Crippen molar-refractivity contribution in [1.82, 2.24) is 5.32 Å². The molecule has 1 aromatic heterocycles. The fraction of sp³-hybridized carbons (Fsp3) is 0.353. The average Bonchev–Trinajstić information content (AvgIpc) is 3.06. The van der Waals surface area contributed by atoms with Crippen molar-refractivity contribution in [3.05, 3.63) is 60.1 Å². The van der Waals surface area contributed by atoms with Gasteiger partial charge in [0, 0.05) is 0 Å². The minimum atomic E-state index is -1.25. The zero-order valence-corrected chi connectivity index (χ0v) is 12.8. The molecule has 2 atom stereocenters. The van der Waals surface area contributed by atoms with Gasteiger partial charge in [0.25, 0.3) is 0 Å². The molecule has 1 heterocycles. The van der Waals surface area contributed by atoms with Crippen molar-refractivity contribution in [2.24, 2.45) is 0 Å².